The van der Waals surface area contributed by atoms with Gasteiger partial charge in [0.25, 0.3) is 0 Å². The van der Waals surface area contributed by atoms with E-state index in [1.807, 2.05) is 33.2 Å². The summed E-state index contributed by atoms with van der Waals surface area (Å²) in [5.41, 5.74) is 1.13. The van der Waals surface area contributed by atoms with E-state index in [9.17, 15) is 4.79 Å². The summed E-state index contributed by atoms with van der Waals surface area (Å²) in [5, 5.41) is 3.40. The Labute approximate surface area is 168 Å². The van der Waals surface area contributed by atoms with Crippen LogP contribution in [0, 0.1) is 0 Å². The molecule has 8 nitrogen and oxygen atoms in total. The molecule has 0 radical (unpaired) electrons. The largest absolute Gasteiger partial charge is 0.492 e. The van der Waals surface area contributed by atoms with Crippen molar-refractivity contribution >= 4 is 12.1 Å². The first-order valence-electron chi connectivity index (χ1n) is 9.77. The third kappa shape index (κ3) is 6.92. The van der Waals surface area contributed by atoms with Crippen molar-refractivity contribution in [2.24, 2.45) is 4.99 Å². The highest BCUT2D eigenvalue weighted by Gasteiger charge is 2.23. The Hall–Kier alpha value is -2.48. The van der Waals surface area contributed by atoms with Gasteiger partial charge in [0, 0.05) is 46.3 Å². The first kappa shape index (κ1) is 21.8. The molecule has 8 heteroatoms. The summed E-state index contributed by atoms with van der Waals surface area (Å²) in [6.45, 7) is 7.16. The molecular formula is C20H33N5O3. The molecule has 28 heavy (non-hydrogen) atoms. The highest BCUT2D eigenvalue weighted by atomic mass is 16.6. The third-order valence-corrected chi connectivity index (χ3v) is 4.47. The maximum atomic E-state index is 11.8. The summed E-state index contributed by atoms with van der Waals surface area (Å²) in [5.74, 6) is 1.71. The van der Waals surface area contributed by atoms with Gasteiger partial charge in [-0.3, -0.25) is 4.99 Å². The van der Waals surface area contributed by atoms with E-state index in [4.69, 9.17) is 9.47 Å². The Bertz CT molecular complexity index is 642. The second-order valence-electron chi connectivity index (χ2n) is 6.87. The van der Waals surface area contributed by atoms with Gasteiger partial charge < -0.3 is 29.5 Å². The molecule has 1 heterocycles. The van der Waals surface area contributed by atoms with Gasteiger partial charge in [-0.2, -0.15) is 0 Å². The summed E-state index contributed by atoms with van der Waals surface area (Å²) in [7, 11) is 5.84. The van der Waals surface area contributed by atoms with Crippen LogP contribution >= 0.6 is 0 Å². The van der Waals surface area contributed by atoms with Crippen LogP contribution in [0.1, 0.15) is 12.5 Å². The zero-order chi connectivity index (χ0) is 20.4. The lowest BCUT2D eigenvalue weighted by Gasteiger charge is -2.35. The second kappa shape index (κ2) is 11.4. The number of likely N-dealkylation sites (N-methyl/N-ethyl adjacent to an activating group) is 1. The number of aliphatic imine (C=N–C) groups is 1. The molecule has 156 valence electrons. The molecule has 0 aromatic heterocycles. The maximum Gasteiger partial charge on any atom is 0.409 e. The van der Waals surface area contributed by atoms with Gasteiger partial charge in [-0.05, 0) is 38.7 Å². The zero-order valence-electron chi connectivity index (χ0n) is 17.5. The van der Waals surface area contributed by atoms with Crippen molar-refractivity contribution in [1.29, 1.82) is 0 Å². The van der Waals surface area contributed by atoms with E-state index < -0.39 is 0 Å². The number of hydrogen-bond acceptors (Lipinski definition) is 5. The van der Waals surface area contributed by atoms with Crippen molar-refractivity contribution in [3.63, 3.8) is 0 Å². The Morgan fingerprint density at radius 2 is 1.93 bits per heavy atom. The predicted molar refractivity (Wildman–Crippen MR) is 111 cm³/mol. The normalized spacial score (nSPS) is 15.0. The minimum atomic E-state index is -0.240. The fourth-order valence-electron chi connectivity index (χ4n) is 2.92. The fourth-order valence-corrected chi connectivity index (χ4v) is 2.92. The van der Waals surface area contributed by atoms with Gasteiger partial charge in [-0.25, -0.2) is 4.79 Å². The second-order valence-corrected chi connectivity index (χ2v) is 6.87. The van der Waals surface area contributed by atoms with Crippen molar-refractivity contribution in [2.75, 3.05) is 67.1 Å². The third-order valence-electron chi connectivity index (χ3n) is 4.47. The zero-order valence-corrected chi connectivity index (χ0v) is 17.5. The quantitative estimate of drug-likeness (QED) is 0.561. The number of piperazine rings is 1. The highest BCUT2D eigenvalue weighted by molar-refractivity contribution is 5.80. The van der Waals surface area contributed by atoms with Gasteiger partial charge in [0.1, 0.15) is 12.4 Å². The number of carbonyl (C=O) groups is 1. The van der Waals surface area contributed by atoms with Crippen LogP contribution < -0.4 is 10.1 Å². The Kier molecular flexibility index (Phi) is 8.87. The molecule has 0 aliphatic carbocycles. The molecule has 1 amide bonds. The summed E-state index contributed by atoms with van der Waals surface area (Å²) < 4.78 is 10.9. The maximum absolute atomic E-state index is 11.8. The van der Waals surface area contributed by atoms with Gasteiger partial charge in [0.2, 0.25) is 0 Å². The summed E-state index contributed by atoms with van der Waals surface area (Å²) >= 11 is 0. The molecule has 1 aliphatic rings. The lowest BCUT2D eigenvalue weighted by Crippen LogP contribution is -2.53. The molecule has 0 saturated carbocycles. The molecule has 1 saturated heterocycles. The van der Waals surface area contributed by atoms with E-state index in [1.165, 1.54) is 0 Å². The molecule has 2 rings (SSSR count). The Morgan fingerprint density at radius 3 is 2.57 bits per heavy atom. The highest BCUT2D eigenvalue weighted by Crippen LogP contribution is 2.13. The molecule has 1 N–H and O–H groups in total. The number of guanidine groups is 1. The molecule has 0 atom stereocenters. The molecule has 1 aromatic carbocycles. The Balaban J connectivity index is 1.82. The molecule has 1 aliphatic heterocycles. The number of nitrogens with zero attached hydrogens (tertiary/aromatic N) is 4. The smallest absolute Gasteiger partial charge is 0.409 e. The lowest BCUT2D eigenvalue weighted by atomic mass is 10.2. The van der Waals surface area contributed by atoms with E-state index in [-0.39, 0.29) is 6.09 Å². The summed E-state index contributed by atoms with van der Waals surface area (Å²) in [6, 6.07) is 8.10. The van der Waals surface area contributed by atoms with Crippen molar-refractivity contribution in [3.05, 3.63) is 29.8 Å². The number of hydrogen-bond donors (Lipinski definition) is 1. The van der Waals surface area contributed by atoms with Gasteiger partial charge in [-0.15, -0.1) is 0 Å². The van der Waals surface area contributed by atoms with Crippen molar-refractivity contribution < 1.29 is 14.3 Å². The van der Waals surface area contributed by atoms with Crippen LogP contribution in [0.15, 0.2) is 29.3 Å². The first-order chi connectivity index (χ1) is 13.5. The Morgan fingerprint density at radius 1 is 1.21 bits per heavy atom. The van der Waals surface area contributed by atoms with Gasteiger partial charge in [0.15, 0.2) is 5.96 Å². The van der Waals surface area contributed by atoms with Crippen LogP contribution in [0.25, 0.3) is 0 Å². The average Bonchev–Trinajstić information content (AvgIpc) is 2.69. The van der Waals surface area contributed by atoms with Crippen LogP contribution in [0.5, 0.6) is 5.75 Å². The van der Waals surface area contributed by atoms with Gasteiger partial charge >= 0.3 is 6.09 Å². The van der Waals surface area contributed by atoms with E-state index in [0.29, 0.717) is 32.8 Å². The predicted octanol–water partition coefficient (Wildman–Crippen LogP) is 1.48. The lowest BCUT2D eigenvalue weighted by molar-refractivity contribution is 0.0914. The molecule has 0 unspecified atom stereocenters. The minimum absolute atomic E-state index is 0.240. The van der Waals surface area contributed by atoms with Crippen LogP contribution in [0.3, 0.4) is 0 Å². The number of nitrogens with one attached hydrogen (secondary N) is 1. The van der Waals surface area contributed by atoms with E-state index in [1.54, 1.807) is 11.9 Å². The molecule has 0 bridgehead atoms. The van der Waals surface area contributed by atoms with E-state index in [2.05, 4.69) is 32.2 Å². The van der Waals surface area contributed by atoms with Crippen molar-refractivity contribution in [3.8, 4) is 5.75 Å². The molecule has 1 fully saturated rings. The molecule has 1 aromatic rings. The number of benzene rings is 1. The fraction of sp³-hybridized carbons (Fsp3) is 0.600. The van der Waals surface area contributed by atoms with Crippen LogP contribution in [0.2, 0.25) is 0 Å². The standard InChI is InChI=1S/C20H33N5O3/c1-5-27-20(26)25-11-9-24(10-12-25)19(21-2)22-16-17-7-6-8-18(15-17)28-14-13-23(3)4/h6-8,15H,5,9-14,16H2,1-4H3,(H,21,22). The minimum Gasteiger partial charge on any atom is -0.492 e. The number of amides is 1. The van der Waals surface area contributed by atoms with E-state index in [0.717, 1.165) is 36.9 Å². The van der Waals surface area contributed by atoms with Crippen molar-refractivity contribution in [1.82, 2.24) is 20.0 Å². The number of carbonyl (C=O) groups excluding carboxylic acids is 1. The SMILES string of the molecule is CCOC(=O)N1CCN(C(=NC)NCc2cccc(OCCN(C)C)c2)CC1. The summed E-state index contributed by atoms with van der Waals surface area (Å²) in [4.78, 5) is 22.2. The van der Waals surface area contributed by atoms with Crippen LogP contribution in [-0.4, -0.2) is 93.8 Å². The van der Waals surface area contributed by atoms with Gasteiger partial charge in [0.05, 0.1) is 6.61 Å². The monoisotopic (exact) mass is 391 g/mol. The van der Waals surface area contributed by atoms with Gasteiger partial charge in [-0.1, -0.05) is 12.1 Å². The topological polar surface area (TPSA) is 69.6 Å². The average molecular weight is 392 g/mol. The first-order valence-corrected chi connectivity index (χ1v) is 9.77. The summed E-state index contributed by atoms with van der Waals surface area (Å²) in [6.07, 6.45) is -0.240. The van der Waals surface area contributed by atoms with Crippen molar-refractivity contribution in [2.45, 2.75) is 13.5 Å². The number of rotatable bonds is 7. The molecule has 0 spiro atoms. The number of ether oxygens (including phenoxy) is 2. The van der Waals surface area contributed by atoms with Crippen LogP contribution in [-0.2, 0) is 11.3 Å². The molecular weight excluding hydrogens is 358 g/mol. The van der Waals surface area contributed by atoms with Crippen LogP contribution in [0.4, 0.5) is 4.79 Å². The van der Waals surface area contributed by atoms with E-state index >= 15 is 0 Å².